The molecular formula is C34H42N4O4. The summed E-state index contributed by atoms with van der Waals surface area (Å²) < 4.78 is 17.2. The average molecular weight is 571 g/mol. The maximum atomic E-state index is 12.4. The van der Waals surface area contributed by atoms with Crippen LogP contribution in [0.15, 0.2) is 47.0 Å². The van der Waals surface area contributed by atoms with E-state index in [2.05, 4.69) is 65.5 Å². The molecule has 8 nitrogen and oxygen atoms in total. The molecule has 2 aromatic carbocycles. The molecule has 0 N–H and O–H groups in total. The molecule has 222 valence electrons. The fourth-order valence-corrected chi connectivity index (χ4v) is 5.74. The molecule has 1 aliphatic heterocycles. The normalized spacial score (nSPS) is 16.9. The lowest BCUT2D eigenvalue weighted by molar-refractivity contribution is -0.128. The third kappa shape index (κ3) is 6.17. The van der Waals surface area contributed by atoms with Crippen LogP contribution in [0, 0.1) is 32.1 Å². The quantitative estimate of drug-likeness (QED) is 0.248. The first-order chi connectivity index (χ1) is 19.8. The minimum absolute atomic E-state index is 0.295. The number of ether oxygens (including phenoxy) is 2. The van der Waals surface area contributed by atoms with E-state index in [0.717, 1.165) is 70.9 Å². The summed E-state index contributed by atoms with van der Waals surface area (Å²) in [6, 6.07) is 17.4. The van der Waals surface area contributed by atoms with Crippen molar-refractivity contribution in [3.05, 3.63) is 65.0 Å². The van der Waals surface area contributed by atoms with Crippen LogP contribution in [-0.4, -0.2) is 53.6 Å². The van der Waals surface area contributed by atoms with E-state index >= 15 is 0 Å². The monoisotopic (exact) mass is 570 g/mol. The fraction of sp³-hybridized carbons (Fsp3) is 0.500. The highest BCUT2D eigenvalue weighted by Crippen LogP contribution is 2.48. The van der Waals surface area contributed by atoms with Crippen molar-refractivity contribution in [1.82, 2.24) is 10.1 Å². The summed E-state index contributed by atoms with van der Waals surface area (Å²) >= 11 is 0. The van der Waals surface area contributed by atoms with Gasteiger partial charge in [0.1, 0.15) is 17.0 Å². The van der Waals surface area contributed by atoms with E-state index in [-0.39, 0.29) is 17.1 Å². The third-order valence-electron chi connectivity index (χ3n) is 8.20. The summed E-state index contributed by atoms with van der Waals surface area (Å²) in [6.07, 6.45) is 2.34. The Hall–Kier alpha value is -3.83. The van der Waals surface area contributed by atoms with Crippen LogP contribution in [0.4, 0.5) is 16.2 Å². The van der Waals surface area contributed by atoms with E-state index in [9.17, 15) is 10.1 Å². The van der Waals surface area contributed by atoms with E-state index < -0.39 is 5.60 Å². The van der Waals surface area contributed by atoms with Crippen molar-refractivity contribution in [1.29, 1.82) is 5.26 Å². The molecule has 1 aliphatic carbocycles. The molecule has 0 bridgehead atoms. The number of aromatic nitrogens is 1. The SMILES string of the molecule is Cc1ccc(-c2c(C)noc2C)cc1N(CCCOC1(C)CN(C(=O)OC(C)(C)C)C1)c1ccc(C2(C#N)CC2)cc1. The number of benzene rings is 2. The number of nitriles is 1. The van der Waals surface area contributed by atoms with Crippen molar-refractivity contribution in [2.24, 2.45) is 0 Å². The lowest BCUT2D eigenvalue weighted by Gasteiger charge is -2.47. The zero-order valence-corrected chi connectivity index (χ0v) is 25.9. The molecular weight excluding hydrogens is 528 g/mol. The Kier molecular flexibility index (Phi) is 7.84. The van der Waals surface area contributed by atoms with Gasteiger partial charge < -0.3 is 23.8 Å². The summed E-state index contributed by atoms with van der Waals surface area (Å²) in [4.78, 5) is 16.4. The summed E-state index contributed by atoms with van der Waals surface area (Å²) in [7, 11) is 0. The summed E-state index contributed by atoms with van der Waals surface area (Å²) in [5.41, 5.74) is 6.16. The molecule has 2 aliphatic rings. The van der Waals surface area contributed by atoms with Gasteiger partial charge in [0.15, 0.2) is 0 Å². The topological polar surface area (TPSA) is 91.8 Å². The number of likely N-dealkylation sites (tertiary alicyclic amines) is 1. The first kappa shape index (κ1) is 29.7. The summed E-state index contributed by atoms with van der Waals surface area (Å²) in [5, 5.41) is 13.8. The van der Waals surface area contributed by atoms with Crippen LogP contribution in [-0.2, 0) is 14.9 Å². The molecule has 0 atom stereocenters. The number of anilines is 2. The van der Waals surface area contributed by atoms with E-state index in [1.165, 1.54) is 0 Å². The van der Waals surface area contributed by atoms with Crippen LogP contribution in [0.25, 0.3) is 11.1 Å². The summed E-state index contributed by atoms with van der Waals surface area (Å²) in [5.74, 6) is 0.798. The van der Waals surface area contributed by atoms with Gasteiger partial charge in [0.05, 0.1) is 30.3 Å². The van der Waals surface area contributed by atoms with Gasteiger partial charge in [-0.2, -0.15) is 5.26 Å². The predicted molar refractivity (Wildman–Crippen MR) is 163 cm³/mol. The van der Waals surface area contributed by atoms with Crippen molar-refractivity contribution in [2.45, 2.75) is 84.3 Å². The number of amides is 1. The molecule has 0 unspecified atom stereocenters. The van der Waals surface area contributed by atoms with Gasteiger partial charge in [0, 0.05) is 30.1 Å². The van der Waals surface area contributed by atoms with E-state index in [1.54, 1.807) is 4.90 Å². The van der Waals surface area contributed by atoms with Crippen LogP contribution in [0.1, 0.15) is 69.5 Å². The summed E-state index contributed by atoms with van der Waals surface area (Å²) in [6.45, 7) is 16.0. The van der Waals surface area contributed by atoms with Crippen LogP contribution in [0.2, 0.25) is 0 Å². The molecule has 1 amide bonds. The zero-order valence-electron chi connectivity index (χ0n) is 25.9. The van der Waals surface area contributed by atoms with Gasteiger partial charge in [0.25, 0.3) is 0 Å². The Bertz CT molecular complexity index is 1470. The van der Waals surface area contributed by atoms with Crippen molar-refractivity contribution in [2.75, 3.05) is 31.1 Å². The number of hydrogen-bond donors (Lipinski definition) is 0. The van der Waals surface area contributed by atoms with Crippen molar-refractivity contribution >= 4 is 17.5 Å². The van der Waals surface area contributed by atoms with Crippen LogP contribution < -0.4 is 4.90 Å². The van der Waals surface area contributed by atoms with Crippen molar-refractivity contribution < 1.29 is 18.8 Å². The molecule has 8 heteroatoms. The van der Waals surface area contributed by atoms with E-state index in [1.807, 2.05) is 41.5 Å². The second kappa shape index (κ2) is 11.1. The van der Waals surface area contributed by atoms with Crippen LogP contribution >= 0.6 is 0 Å². The minimum atomic E-state index is -0.513. The van der Waals surface area contributed by atoms with Crippen LogP contribution in [0.3, 0.4) is 0 Å². The lowest BCUT2D eigenvalue weighted by Crippen LogP contribution is -2.63. The Morgan fingerprint density at radius 1 is 1.12 bits per heavy atom. The van der Waals surface area contributed by atoms with Gasteiger partial charge in [-0.3, -0.25) is 0 Å². The van der Waals surface area contributed by atoms with Gasteiger partial charge >= 0.3 is 6.09 Å². The van der Waals surface area contributed by atoms with Gasteiger partial charge in [-0.15, -0.1) is 0 Å². The third-order valence-corrected chi connectivity index (χ3v) is 8.20. The van der Waals surface area contributed by atoms with Crippen LogP contribution in [0.5, 0.6) is 0 Å². The van der Waals surface area contributed by atoms with Crippen molar-refractivity contribution in [3.8, 4) is 17.2 Å². The Labute approximate surface area is 249 Å². The average Bonchev–Trinajstić information content (AvgIpc) is 3.65. The highest BCUT2D eigenvalue weighted by Gasteiger charge is 2.45. The smallest absolute Gasteiger partial charge is 0.410 e. The number of hydrogen-bond acceptors (Lipinski definition) is 7. The fourth-order valence-electron chi connectivity index (χ4n) is 5.74. The second-order valence-corrected chi connectivity index (χ2v) is 13.1. The molecule has 3 aromatic rings. The van der Waals surface area contributed by atoms with Gasteiger partial charge in [-0.25, -0.2) is 4.79 Å². The molecule has 2 heterocycles. The first-order valence-electron chi connectivity index (χ1n) is 14.8. The lowest BCUT2D eigenvalue weighted by atomic mass is 9.97. The molecule has 0 spiro atoms. The van der Waals surface area contributed by atoms with E-state index in [4.69, 9.17) is 14.0 Å². The largest absolute Gasteiger partial charge is 0.444 e. The molecule has 1 saturated carbocycles. The number of nitrogens with zero attached hydrogens (tertiary/aromatic N) is 4. The van der Waals surface area contributed by atoms with Gasteiger partial charge in [-0.05, 0) is 103 Å². The molecule has 2 fully saturated rings. The Balaban J connectivity index is 1.32. The molecule has 1 aromatic heterocycles. The second-order valence-electron chi connectivity index (χ2n) is 13.1. The predicted octanol–water partition coefficient (Wildman–Crippen LogP) is 7.38. The molecule has 1 saturated heterocycles. The molecule has 0 radical (unpaired) electrons. The maximum Gasteiger partial charge on any atom is 0.410 e. The van der Waals surface area contributed by atoms with E-state index in [0.29, 0.717) is 19.7 Å². The number of rotatable bonds is 9. The zero-order chi connectivity index (χ0) is 30.3. The Morgan fingerprint density at radius 3 is 2.38 bits per heavy atom. The standard InChI is InChI=1S/C34H42N4O4/c1-23-9-10-26(30-24(2)36-42-25(30)3)19-29(23)38(28-13-11-27(12-14-28)34(20-35)15-16-34)17-8-18-40-33(7)21-37(22-33)31(39)41-32(4,5)6/h9-14,19H,8,15-18,21-22H2,1-7H3. The minimum Gasteiger partial charge on any atom is -0.444 e. The first-order valence-corrected chi connectivity index (χ1v) is 14.8. The van der Waals surface area contributed by atoms with Gasteiger partial charge in [-0.1, -0.05) is 29.4 Å². The molecule has 42 heavy (non-hydrogen) atoms. The molecule has 5 rings (SSSR count). The number of aryl methyl sites for hydroxylation is 3. The van der Waals surface area contributed by atoms with Gasteiger partial charge in [0.2, 0.25) is 0 Å². The Morgan fingerprint density at radius 2 is 1.81 bits per heavy atom. The maximum absolute atomic E-state index is 12.4. The highest BCUT2D eigenvalue weighted by atomic mass is 16.6. The highest BCUT2D eigenvalue weighted by molar-refractivity contribution is 5.76. The number of carbonyl (C=O) groups excluding carboxylic acids is 1. The number of carbonyl (C=O) groups is 1. The van der Waals surface area contributed by atoms with Crippen molar-refractivity contribution in [3.63, 3.8) is 0 Å².